The van der Waals surface area contributed by atoms with Gasteiger partial charge in [-0.05, 0) is 31.2 Å². The predicted molar refractivity (Wildman–Crippen MR) is 107 cm³/mol. The van der Waals surface area contributed by atoms with Gasteiger partial charge in [-0.25, -0.2) is 9.79 Å². The zero-order valence-corrected chi connectivity index (χ0v) is 16.1. The molecule has 0 atom stereocenters. The minimum Gasteiger partial charge on any atom is -0.497 e. The first kappa shape index (κ1) is 18.5. The van der Waals surface area contributed by atoms with Gasteiger partial charge in [0.05, 0.1) is 14.2 Å². The Morgan fingerprint density at radius 2 is 1.83 bits per heavy atom. The molecule has 7 nitrogen and oxygen atoms in total. The highest BCUT2D eigenvalue weighted by atomic mass is 16.6. The third-order valence-electron chi connectivity index (χ3n) is 4.47. The van der Waals surface area contributed by atoms with Crippen molar-refractivity contribution in [3.8, 4) is 22.8 Å². The van der Waals surface area contributed by atoms with E-state index in [4.69, 9.17) is 18.7 Å². The van der Waals surface area contributed by atoms with E-state index in [1.165, 1.54) is 0 Å². The average molecular weight is 390 g/mol. The van der Waals surface area contributed by atoms with E-state index in [1.54, 1.807) is 45.4 Å². The molecule has 0 fully saturated rings. The van der Waals surface area contributed by atoms with Crippen molar-refractivity contribution in [3.63, 3.8) is 0 Å². The predicted octanol–water partition coefficient (Wildman–Crippen LogP) is 4.01. The Hall–Kier alpha value is -3.87. The van der Waals surface area contributed by atoms with E-state index in [1.807, 2.05) is 30.3 Å². The lowest BCUT2D eigenvalue weighted by Gasteiger charge is -2.07. The number of esters is 1. The van der Waals surface area contributed by atoms with Gasteiger partial charge in [-0.3, -0.25) is 0 Å². The van der Waals surface area contributed by atoms with E-state index in [0.717, 1.165) is 5.56 Å². The van der Waals surface area contributed by atoms with E-state index >= 15 is 0 Å². The van der Waals surface area contributed by atoms with Crippen LogP contribution in [0.2, 0.25) is 0 Å². The summed E-state index contributed by atoms with van der Waals surface area (Å²) in [6.45, 7) is 1.75. The Labute approximate surface area is 167 Å². The molecule has 4 rings (SSSR count). The number of methoxy groups -OCH3 is 2. The van der Waals surface area contributed by atoms with Crippen LogP contribution in [0, 0.1) is 6.92 Å². The Balaban J connectivity index is 1.77. The number of hydrogen-bond acceptors (Lipinski definition) is 7. The standard InChI is InChI=1S/C22H18N2O5/c1-13-19(20(24-29-13)14-7-5-4-6-8-14)21-23-17(22(25)28-21)12-15-11-16(26-2)9-10-18(15)27-3/h4-12H,1-3H3/b17-12-. The molecule has 0 bridgehead atoms. The highest BCUT2D eigenvalue weighted by Crippen LogP contribution is 2.31. The number of aromatic nitrogens is 1. The maximum Gasteiger partial charge on any atom is 0.363 e. The van der Waals surface area contributed by atoms with Gasteiger partial charge in [0.1, 0.15) is 28.5 Å². The number of carbonyl (C=O) groups excluding carboxylic acids is 1. The van der Waals surface area contributed by atoms with Crippen LogP contribution in [-0.4, -0.2) is 31.2 Å². The van der Waals surface area contributed by atoms with Gasteiger partial charge < -0.3 is 18.7 Å². The quantitative estimate of drug-likeness (QED) is 0.483. The second-order valence-electron chi connectivity index (χ2n) is 6.27. The molecule has 2 aromatic carbocycles. The number of aliphatic imine (C=N–C) groups is 1. The van der Waals surface area contributed by atoms with E-state index in [0.29, 0.717) is 34.1 Å². The number of nitrogens with zero attached hydrogens (tertiary/aromatic N) is 2. The van der Waals surface area contributed by atoms with Crippen molar-refractivity contribution in [1.29, 1.82) is 0 Å². The van der Waals surface area contributed by atoms with Gasteiger partial charge in [0.2, 0.25) is 5.90 Å². The topological polar surface area (TPSA) is 83.2 Å². The molecule has 2 heterocycles. The summed E-state index contributed by atoms with van der Waals surface area (Å²) in [7, 11) is 3.12. The molecule has 1 aliphatic rings. The summed E-state index contributed by atoms with van der Waals surface area (Å²) in [4.78, 5) is 16.9. The lowest BCUT2D eigenvalue weighted by atomic mass is 10.1. The molecule has 0 saturated carbocycles. The average Bonchev–Trinajstić information content (AvgIpc) is 3.30. The zero-order valence-electron chi connectivity index (χ0n) is 16.1. The number of benzene rings is 2. The molecule has 0 N–H and O–H groups in total. The smallest absolute Gasteiger partial charge is 0.363 e. The van der Waals surface area contributed by atoms with Gasteiger partial charge in [-0.15, -0.1) is 0 Å². The second kappa shape index (κ2) is 7.63. The maximum absolute atomic E-state index is 12.5. The molecule has 0 radical (unpaired) electrons. The normalized spacial score (nSPS) is 14.7. The van der Waals surface area contributed by atoms with Crippen LogP contribution in [0.1, 0.15) is 16.9 Å². The highest BCUT2D eigenvalue weighted by Gasteiger charge is 2.30. The molecule has 29 heavy (non-hydrogen) atoms. The van der Waals surface area contributed by atoms with Crippen molar-refractivity contribution in [3.05, 3.63) is 71.1 Å². The molecule has 146 valence electrons. The van der Waals surface area contributed by atoms with Crippen molar-refractivity contribution in [2.45, 2.75) is 6.92 Å². The first-order valence-corrected chi connectivity index (χ1v) is 8.87. The van der Waals surface area contributed by atoms with Gasteiger partial charge >= 0.3 is 5.97 Å². The van der Waals surface area contributed by atoms with Gasteiger partial charge in [0, 0.05) is 11.1 Å². The van der Waals surface area contributed by atoms with Crippen molar-refractivity contribution in [1.82, 2.24) is 5.16 Å². The molecule has 1 aromatic heterocycles. The van der Waals surface area contributed by atoms with Gasteiger partial charge in [0.25, 0.3) is 0 Å². The van der Waals surface area contributed by atoms with Crippen LogP contribution in [0.25, 0.3) is 17.3 Å². The fraction of sp³-hybridized carbons (Fsp3) is 0.136. The van der Waals surface area contributed by atoms with Crippen LogP contribution in [0.4, 0.5) is 0 Å². The summed E-state index contributed by atoms with van der Waals surface area (Å²) >= 11 is 0. The van der Waals surface area contributed by atoms with Crippen molar-refractivity contribution < 1.29 is 23.5 Å². The summed E-state index contributed by atoms with van der Waals surface area (Å²) in [6.07, 6.45) is 1.60. The summed E-state index contributed by atoms with van der Waals surface area (Å²) in [5, 5.41) is 4.11. The van der Waals surface area contributed by atoms with E-state index in [2.05, 4.69) is 10.1 Å². The van der Waals surface area contributed by atoms with Crippen LogP contribution in [0.5, 0.6) is 11.5 Å². The Morgan fingerprint density at radius 3 is 2.55 bits per heavy atom. The molecule has 1 aliphatic heterocycles. The molecule has 0 spiro atoms. The molecule has 7 heteroatoms. The number of ether oxygens (including phenoxy) is 3. The summed E-state index contributed by atoms with van der Waals surface area (Å²) in [5.74, 6) is 1.32. The Kier molecular flexibility index (Phi) is 4.87. The molecular weight excluding hydrogens is 372 g/mol. The third-order valence-corrected chi connectivity index (χ3v) is 4.47. The molecule has 3 aromatic rings. The van der Waals surface area contributed by atoms with Crippen LogP contribution in [0.15, 0.2) is 63.7 Å². The molecule has 0 saturated heterocycles. The van der Waals surface area contributed by atoms with Crippen molar-refractivity contribution >= 4 is 17.9 Å². The van der Waals surface area contributed by atoms with Crippen LogP contribution >= 0.6 is 0 Å². The molecular formula is C22H18N2O5. The van der Waals surface area contributed by atoms with Gasteiger partial charge in [-0.2, -0.15) is 0 Å². The van der Waals surface area contributed by atoms with Crippen molar-refractivity contribution in [2.24, 2.45) is 4.99 Å². The van der Waals surface area contributed by atoms with Gasteiger partial charge in [-0.1, -0.05) is 35.5 Å². The summed E-state index contributed by atoms with van der Waals surface area (Å²) in [5.41, 5.74) is 2.74. The first-order chi connectivity index (χ1) is 14.1. The molecule has 0 aliphatic carbocycles. The largest absolute Gasteiger partial charge is 0.497 e. The van der Waals surface area contributed by atoms with E-state index < -0.39 is 5.97 Å². The fourth-order valence-corrected chi connectivity index (χ4v) is 3.03. The monoisotopic (exact) mass is 390 g/mol. The van der Waals surface area contributed by atoms with Crippen LogP contribution < -0.4 is 9.47 Å². The third kappa shape index (κ3) is 3.50. The molecule has 0 unspecified atom stereocenters. The Bertz CT molecular complexity index is 1130. The minimum atomic E-state index is -0.565. The lowest BCUT2D eigenvalue weighted by molar-refractivity contribution is -0.129. The van der Waals surface area contributed by atoms with E-state index in [9.17, 15) is 4.79 Å². The maximum atomic E-state index is 12.5. The number of carbonyl (C=O) groups is 1. The van der Waals surface area contributed by atoms with Crippen LogP contribution in [0.3, 0.4) is 0 Å². The molecule has 0 amide bonds. The summed E-state index contributed by atoms with van der Waals surface area (Å²) < 4.78 is 21.4. The fourth-order valence-electron chi connectivity index (χ4n) is 3.03. The second-order valence-corrected chi connectivity index (χ2v) is 6.27. The van der Waals surface area contributed by atoms with Gasteiger partial charge in [0.15, 0.2) is 5.70 Å². The number of rotatable bonds is 5. The summed E-state index contributed by atoms with van der Waals surface area (Å²) in [6, 6.07) is 14.8. The highest BCUT2D eigenvalue weighted by molar-refractivity contribution is 6.15. The minimum absolute atomic E-state index is 0.145. The number of hydrogen-bond donors (Lipinski definition) is 0. The van der Waals surface area contributed by atoms with Crippen LogP contribution in [-0.2, 0) is 9.53 Å². The lowest BCUT2D eigenvalue weighted by Crippen LogP contribution is -2.07. The Morgan fingerprint density at radius 1 is 1.03 bits per heavy atom. The first-order valence-electron chi connectivity index (χ1n) is 8.87. The van der Waals surface area contributed by atoms with E-state index in [-0.39, 0.29) is 11.6 Å². The number of aryl methyl sites for hydroxylation is 1. The zero-order chi connectivity index (χ0) is 20.4. The SMILES string of the molecule is COc1ccc(OC)c(/C=C2\N=C(c3c(-c4ccccc4)noc3C)OC2=O)c1. The van der Waals surface area contributed by atoms with Crippen molar-refractivity contribution in [2.75, 3.05) is 14.2 Å². The number of cyclic esters (lactones) is 1.